The van der Waals surface area contributed by atoms with Crippen LogP contribution in [0.3, 0.4) is 0 Å². The molecule has 0 radical (unpaired) electrons. The molecule has 0 N–H and O–H groups in total. The molecule has 0 heterocycles. The van der Waals surface area contributed by atoms with Gasteiger partial charge in [-0.15, -0.1) is 0 Å². The van der Waals surface area contributed by atoms with Crippen LogP contribution in [0.4, 0.5) is 11.4 Å². The molecule has 0 aliphatic rings. The van der Waals surface area contributed by atoms with Crippen LogP contribution >= 0.6 is 0 Å². The smallest absolute Gasteiger partial charge is 0.0857 e. The summed E-state index contributed by atoms with van der Waals surface area (Å²) in [6.45, 7) is 0. The highest BCUT2D eigenvalue weighted by molar-refractivity contribution is 5.70. The summed E-state index contributed by atoms with van der Waals surface area (Å²) in [6, 6.07) is 28.0. The molecule has 0 aliphatic carbocycles. The van der Waals surface area contributed by atoms with E-state index in [9.17, 15) is 0 Å². The van der Waals surface area contributed by atoms with Gasteiger partial charge in [-0.3, -0.25) is 0 Å². The Balaban J connectivity index is 1.68. The molecule has 0 fully saturated rings. The third-order valence-electron chi connectivity index (χ3n) is 3.20. The van der Waals surface area contributed by atoms with Crippen molar-refractivity contribution in [3.05, 3.63) is 96.1 Å². The van der Waals surface area contributed by atoms with E-state index >= 15 is 0 Å². The molecular formula is C20H16N2. The minimum absolute atomic E-state index is 0.848. The molecule has 0 aliphatic heterocycles. The van der Waals surface area contributed by atoms with E-state index in [1.54, 1.807) is 0 Å². The van der Waals surface area contributed by atoms with Crippen molar-refractivity contribution in [2.24, 2.45) is 10.2 Å². The maximum atomic E-state index is 4.24. The SMILES string of the molecule is C(=C\c1ccc(/N=N/c2ccccc2)cc1)/c1ccccc1. The Bertz CT molecular complexity index is 689. The first-order chi connectivity index (χ1) is 10.9. The molecule has 0 aromatic heterocycles. The van der Waals surface area contributed by atoms with Crippen molar-refractivity contribution in [2.45, 2.75) is 0 Å². The molecule has 0 unspecified atom stereocenters. The molecule has 0 bridgehead atoms. The minimum Gasteiger partial charge on any atom is -0.151 e. The topological polar surface area (TPSA) is 24.7 Å². The highest BCUT2D eigenvalue weighted by atomic mass is 15.1. The Morgan fingerprint density at radius 1 is 0.455 bits per heavy atom. The van der Waals surface area contributed by atoms with Gasteiger partial charge in [-0.05, 0) is 35.4 Å². The van der Waals surface area contributed by atoms with Gasteiger partial charge >= 0.3 is 0 Å². The first-order valence-electron chi connectivity index (χ1n) is 7.20. The van der Waals surface area contributed by atoms with Crippen molar-refractivity contribution in [2.75, 3.05) is 0 Å². The van der Waals surface area contributed by atoms with Crippen molar-refractivity contribution >= 4 is 23.5 Å². The lowest BCUT2D eigenvalue weighted by atomic mass is 10.1. The Kier molecular flexibility index (Phi) is 4.53. The first kappa shape index (κ1) is 14.0. The van der Waals surface area contributed by atoms with E-state index in [2.05, 4.69) is 34.5 Å². The normalized spacial score (nSPS) is 11.3. The fourth-order valence-electron chi connectivity index (χ4n) is 2.02. The summed E-state index contributed by atoms with van der Waals surface area (Å²) < 4.78 is 0. The molecule has 0 saturated carbocycles. The van der Waals surface area contributed by atoms with Crippen LogP contribution in [-0.4, -0.2) is 0 Å². The monoisotopic (exact) mass is 284 g/mol. The summed E-state index contributed by atoms with van der Waals surface area (Å²) in [6.07, 6.45) is 4.19. The number of hydrogen-bond donors (Lipinski definition) is 0. The van der Waals surface area contributed by atoms with Crippen LogP contribution in [0.25, 0.3) is 12.2 Å². The quantitative estimate of drug-likeness (QED) is 0.398. The largest absolute Gasteiger partial charge is 0.151 e. The van der Waals surface area contributed by atoms with Gasteiger partial charge in [0.05, 0.1) is 11.4 Å². The van der Waals surface area contributed by atoms with Crippen molar-refractivity contribution in [1.29, 1.82) is 0 Å². The fraction of sp³-hybridized carbons (Fsp3) is 0. The zero-order valence-electron chi connectivity index (χ0n) is 12.1. The van der Waals surface area contributed by atoms with Gasteiger partial charge in [0.25, 0.3) is 0 Å². The summed E-state index contributed by atoms with van der Waals surface area (Å²) in [7, 11) is 0. The summed E-state index contributed by atoms with van der Waals surface area (Å²) >= 11 is 0. The molecule has 3 rings (SSSR count). The zero-order valence-corrected chi connectivity index (χ0v) is 12.1. The van der Waals surface area contributed by atoms with Gasteiger partial charge in [-0.1, -0.05) is 72.8 Å². The van der Waals surface area contributed by atoms with E-state index in [1.807, 2.05) is 72.8 Å². The fourth-order valence-corrected chi connectivity index (χ4v) is 2.02. The standard InChI is InChI=1S/C20H16N2/c1-3-7-17(8-4-1)11-12-18-13-15-20(16-14-18)22-21-19-9-5-2-6-10-19/h1-16H/b12-11+,22-21+. The third kappa shape index (κ3) is 4.00. The lowest BCUT2D eigenvalue weighted by molar-refractivity contribution is 1.23. The second-order valence-electron chi connectivity index (χ2n) is 4.87. The van der Waals surface area contributed by atoms with Crippen LogP contribution < -0.4 is 0 Å². The Morgan fingerprint density at radius 3 is 1.50 bits per heavy atom. The van der Waals surface area contributed by atoms with Crippen LogP contribution in [0, 0.1) is 0 Å². The van der Waals surface area contributed by atoms with E-state index in [4.69, 9.17) is 0 Å². The average molecular weight is 284 g/mol. The molecule has 0 amide bonds. The molecule has 3 aromatic carbocycles. The first-order valence-corrected chi connectivity index (χ1v) is 7.20. The molecule has 2 heteroatoms. The van der Waals surface area contributed by atoms with Gasteiger partial charge in [0, 0.05) is 0 Å². The highest BCUT2D eigenvalue weighted by Gasteiger charge is 1.91. The van der Waals surface area contributed by atoms with E-state index < -0.39 is 0 Å². The van der Waals surface area contributed by atoms with Crippen LogP contribution in [0.1, 0.15) is 11.1 Å². The second kappa shape index (κ2) is 7.14. The number of nitrogens with zero attached hydrogens (tertiary/aromatic N) is 2. The van der Waals surface area contributed by atoms with Crippen LogP contribution in [0.2, 0.25) is 0 Å². The molecular weight excluding hydrogens is 268 g/mol. The van der Waals surface area contributed by atoms with E-state index in [0.29, 0.717) is 0 Å². The van der Waals surface area contributed by atoms with Gasteiger partial charge in [0.15, 0.2) is 0 Å². The summed E-state index contributed by atoms with van der Waals surface area (Å²) in [4.78, 5) is 0. The number of benzene rings is 3. The predicted molar refractivity (Wildman–Crippen MR) is 92.4 cm³/mol. The van der Waals surface area contributed by atoms with Crippen molar-refractivity contribution in [1.82, 2.24) is 0 Å². The lowest BCUT2D eigenvalue weighted by Crippen LogP contribution is -1.72. The average Bonchev–Trinajstić information content (AvgIpc) is 2.61. The van der Waals surface area contributed by atoms with Crippen molar-refractivity contribution < 1.29 is 0 Å². The summed E-state index contributed by atoms with van der Waals surface area (Å²) in [5.41, 5.74) is 4.04. The number of hydrogen-bond acceptors (Lipinski definition) is 2. The van der Waals surface area contributed by atoms with Crippen LogP contribution in [-0.2, 0) is 0 Å². The Morgan fingerprint density at radius 2 is 0.909 bits per heavy atom. The van der Waals surface area contributed by atoms with Gasteiger partial charge < -0.3 is 0 Å². The molecule has 106 valence electrons. The number of rotatable bonds is 4. The predicted octanol–water partition coefficient (Wildman–Crippen LogP) is 6.27. The highest BCUT2D eigenvalue weighted by Crippen LogP contribution is 2.19. The van der Waals surface area contributed by atoms with Gasteiger partial charge in [0.2, 0.25) is 0 Å². The van der Waals surface area contributed by atoms with E-state index in [0.717, 1.165) is 16.9 Å². The Labute approximate surface area is 130 Å². The lowest BCUT2D eigenvalue weighted by Gasteiger charge is -1.96. The van der Waals surface area contributed by atoms with Crippen LogP contribution in [0.5, 0.6) is 0 Å². The Hall–Kier alpha value is -3.00. The van der Waals surface area contributed by atoms with Crippen molar-refractivity contribution in [3.63, 3.8) is 0 Å². The number of azo groups is 1. The minimum atomic E-state index is 0.848. The van der Waals surface area contributed by atoms with Crippen LogP contribution in [0.15, 0.2) is 95.2 Å². The maximum absolute atomic E-state index is 4.24. The molecule has 0 saturated heterocycles. The molecule has 0 spiro atoms. The van der Waals surface area contributed by atoms with E-state index in [1.165, 1.54) is 5.56 Å². The van der Waals surface area contributed by atoms with Gasteiger partial charge in [-0.25, -0.2) is 0 Å². The summed E-state index contributed by atoms with van der Waals surface area (Å²) in [5, 5.41) is 8.44. The molecule has 0 atom stereocenters. The summed E-state index contributed by atoms with van der Waals surface area (Å²) in [5.74, 6) is 0. The van der Waals surface area contributed by atoms with Crippen molar-refractivity contribution in [3.8, 4) is 0 Å². The van der Waals surface area contributed by atoms with E-state index in [-0.39, 0.29) is 0 Å². The molecule has 2 nitrogen and oxygen atoms in total. The maximum Gasteiger partial charge on any atom is 0.0857 e. The van der Waals surface area contributed by atoms with Gasteiger partial charge in [-0.2, -0.15) is 10.2 Å². The third-order valence-corrected chi connectivity index (χ3v) is 3.20. The zero-order chi connectivity index (χ0) is 15.0. The molecule has 22 heavy (non-hydrogen) atoms. The molecule has 3 aromatic rings. The second-order valence-corrected chi connectivity index (χ2v) is 4.87. The van der Waals surface area contributed by atoms with Gasteiger partial charge in [0.1, 0.15) is 0 Å².